The van der Waals surface area contributed by atoms with E-state index in [1.54, 1.807) is 12.1 Å². The van der Waals surface area contributed by atoms with E-state index in [4.69, 9.17) is 10.8 Å². The number of nitrogens with two attached hydrogens (primary N) is 1. The number of carbonyl (C=O) groups is 2. The minimum Gasteiger partial charge on any atom is -0.478 e. The lowest BCUT2D eigenvalue weighted by Gasteiger charge is -2.08. The van der Waals surface area contributed by atoms with Crippen molar-refractivity contribution in [2.24, 2.45) is 5.73 Å². The van der Waals surface area contributed by atoms with Gasteiger partial charge in [0.1, 0.15) is 5.82 Å². The van der Waals surface area contributed by atoms with Crippen LogP contribution in [0.15, 0.2) is 42.5 Å². The van der Waals surface area contributed by atoms with Crippen LogP contribution < -0.4 is 11.1 Å². The zero-order chi connectivity index (χ0) is 15.4. The number of benzene rings is 2. The molecule has 0 aliphatic carbocycles. The maximum atomic E-state index is 13.3. The fraction of sp³-hybridized carbons (Fsp3) is 0.0667. The van der Waals surface area contributed by atoms with Gasteiger partial charge in [0.25, 0.3) is 5.91 Å². The largest absolute Gasteiger partial charge is 0.478 e. The molecule has 6 heteroatoms. The molecule has 0 heterocycles. The molecule has 5 nitrogen and oxygen atoms in total. The van der Waals surface area contributed by atoms with Crippen LogP contribution in [0, 0.1) is 5.82 Å². The van der Waals surface area contributed by atoms with Gasteiger partial charge in [-0.3, -0.25) is 4.79 Å². The predicted molar refractivity (Wildman–Crippen MR) is 75.6 cm³/mol. The van der Waals surface area contributed by atoms with E-state index >= 15 is 0 Å². The molecule has 108 valence electrons. The molecule has 0 unspecified atom stereocenters. The molecule has 2 aromatic rings. The second-order valence-corrected chi connectivity index (χ2v) is 4.41. The summed E-state index contributed by atoms with van der Waals surface area (Å²) in [5.41, 5.74) is 6.50. The van der Waals surface area contributed by atoms with E-state index in [9.17, 15) is 14.0 Å². The molecule has 0 aromatic heterocycles. The van der Waals surface area contributed by atoms with Crippen LogP contribution in [0.5, 0.6) is 0 Å². The fourth-order valence-corrected chi connectivity index (χ4v) is 1.79. The van der Waals surface area contributed by atoms with Gasteiger partial charge in [-0.1, -0.05) is 12.1 Å². The highest BCUT2D eigenvalue weighted by molar-refractivity contribution is 5.94. The second-order valence-electron chi connectivity index (χ2n) is 4.41. The number of rotatable bonds is 5. The number of halogens is 1. The van der Waals surface area contributed by atoms with E-state index in [-0.39, 0.29) is 11.1 Å². The van der Waals surface area contributed by atoms with Crippen LogP contribution in [-0.2, 0) is 6.54 Å². The van der Waals surface area contributed by atoms with Crippen LogP contribution in [-0.4, -0.2) is 17.0 Å². The summed E-state index contributed by atoms with van der Waals surface area (Å²) in [5, 5.41) is 11.8. The van der Waals surface area contributed by atoms with E-state index in [1.165, 1.54) is 24.3 Å². The third-order valence-corrected chi connectivity index (χ3v) is 2.93. The number of hydrogen-bond acceptors (Lipinski definition) is 3. The number of carboxylic acid groups (broad SMARTS) is 1. The Morgan fingerprint density at radius 2 is 1.81 bits per heavy atom. The maximum absolute atomic E-state index is 13.3. The Morgan fingerprint density at radius 3 is 2.38 bits per heavy atom. The fourth-order valence-electron chi connectivity index (χ4n) is 1.79. The van der Waals surface area contributed by atoms with Gasteiger partial charge >= 0.3 is 5.97 Å². The van der Waals surface area contributed by atoms with Crippen molar-refractivity contribution in [2.45, 2.75) is 6.54 Å². The summed E-state index contributed by atoms with van der Waals surface area (Å²) in [6.07, 6.45) is 0. The van der Waals surface area contributed by atoms with Gasteiger partial charge in [0.15, 0.2) is 0 Å². The van der Waals surface area contributed by atoms with Crippen molar-refractivity contribution in [1.82, 2.24) is 0 Å². The van der Waals surface area contributed by atoms with Crippen molar-refractivity contribution < 1.29 is 19.1 Å². The second kappa shape index (κ2) is 6.04. The molecule has 0 fully saturated rings. The summed E-state index contributed by atoms with van der Waals surface area (Å²) >= 11 is 0. The summed E-state index contributed by atoms with van der Waals surface area (Å²) in [7, 11) is 0. The lowest BCUT2D eigenvalue weighted by atomic mass is 10.1. The van der Waals surface area contributed by atoms with Crippen LogP contribution in [0.4, 0.5) is 10.1 Å². The summed E-state index contributed by atoms with van der Waals surface area (Å²) in [5.74, 6) is -2.49. The summed E-state index contributed by atoms with van der Waals surface area (Å²) in [6.45, 7) is 0.406. The normalized spacial score (nSPS) is 10.1. The third kappa shape index (κ3) is 3.56. The van der Waals surface area contributed by atoms with Gasteiger partial charge in [0.2, 0.25) is 0 Å². The first kappa shape index (κ1) is 14.5. The first-order valence-corrected chi connectivity index (χ1v) is 6.13. The Balaban J connectivity index is 2.07. The van der Waals surface area contributed by atoms with Gasteiger partial charge in [0, 0.05) is 12.2 Å². The number of aromatic carboxylic acids is 1. The lowest BCUT2D eigenvalue weighted by Crippen LogP contribution is -2.13. The van der Waals surface area contributed by atoms with Crippen molar-refractivity contribution >= 4 is 17.6 Å². The summed E-state index contributed by atoms with van der Waals surface area (Å²) in [6, 6.07) is 10.3. The smallest absolute Gasteiger partial charge is 0.335 e. The van der Waals surface area contributed by atoms with Crippen LogP contribution in [0.25, 0.3) is 0 Å². The molecule has 0 radical (unpaired) electrons. The van der Waals surface area contributed by atoms with Crippen LogP contribution in [0.2, 0.25) is 0 Å². The van der Waals surface area contributed by atoms with Crippen molar-refractivity contribution in [3.63, 3.8) is 0 Å². The number of carboxylic acids is 1. The number of carbonyl (C=O) groups excluding carboxylic acids is 1. The highest BCUT2D eigenvalue weighted by Gasteiger charge is 2.09. The van der Waals surface area contributed by atoms with Gasteiger partial charge in [0.05, 0.1) is 11.1 Å². The van der Waals surface area contributed by atoms with Crippen molar-refractivity contribution in [3.8, 4) is 0 Å². The predicted octanol–water partition coefficient (Wildman–Crippen LogP) is 2.23. The van der Waals surface area contributed by atoms with Crippen LogP contribution in [0.1, 0.15) is 26.3 Å². The van der Waals surface area contributed by atoms with Crippen LogP contribution >= 0.6 is 0 Å². The molecule has 0 saturated heterocycles. The monoisotopic (exact) mass is 288 g/mol. The van der Waals surface area contributed by atoms with E-state index in [2.05, 4.69) is 5.32 Å². The molecule has 0 bridgehead atoms. The molecule has 0 atom stereocenters. The van der Waals surface area contributed by atoms with Gasteiger partial charge in [-0.25, -0.2) is 9.18 Å². The van der Waals surface area contributed by atoms with Gasteiger partial charge in [-0.15, -0.1) is 0 Å². The molecular weight excluding hydrogens is 275 g/mol. The lowest BCUT2D eigenvalue weighted by molar-refractivity contribution is 0.0696. The third-order valence-electron chi connectivity index (χ3n) is 2.93. The van der Waals surface area contributed by atoms with Gasteiger partial charge in [-0.2, -0.15) is 0 Å². The molecule has 0 spiro atoms. The average molecular weight is 288 g/mol. The number of primary amides is 1. The Kier molecular flexibility index (Phi) is 4.18. The van der Waals surface area contributed by atoms with Crippen molar-refractivity contribution in [3.05, 3.63) is 65.0 Å². The molecule has 0 saturated carbocycles. The van der Waals surface area contributed by atoms with Crippen molar-refractivity contribution in [1.29, 1.82) is 0 Å². The number of amides is 1. The van der Waals surface area contributed by atoms with E-state index in [0.717, 1.165) is 11.6 Å². The molecular formula is C15H13FN2O3. The SMILES string of the molecule is NC(=O)c1cc(NCc2ccc(C(=O)O)cc2)ccc1F. The molecule has 2 rings (SSSR count). The first-order valence-electron chi connectivity index (χ1n) is 6.13. The van der Waals surface area contributed by atoms with Crippen LogP contribution in [0.3, 0.4) is 0 Å². The van der Waals surface area contributed by atoms with E-state index in [0.29, 0.717) is 12.2 Å². The highest BCUT2D eigenvalue weighted by atomic mass is 19.1. The molecule has 1 amide bonds. The van der Waals surface area contributed by atoms with Gasteiger partial charge in [-0.05, 0) is 35.9 Å². The summed E-state index contributed by atoms with van der Waals surface area (Å²) in [4.78, 5) is 21.8. The first-order chi connectivity index (χ1) is 9.97. The zero-order valence-corrected chi connectivity index (χ0v) is 11.0. The Hall–Kier alpha value is -2.89. The molecule has 4 N–H and O–H groups in total. The molecule has 21 heavy (non-hydrogen) atoms. The zero-order valence-electron chi connectivity index (χ0n) is 11.0. The number of anilines is 1. The van der Waals surface area contributed by atoms with E-state index < -0.39 is 17.7 Å². The maximum Gasteiger partial charge on any atom is 0.335 e. The molecule has 0 aliphatic rings. The molecule has 0 aliphatic heterocycles. The summed E-state index contributed by atoms with van der Waals surface area (Å²) < 4.78 is 13.3. The topological polar surface area (TPSA) is 92.4 Å². The average Bonchev–Trinajstić information content (AvgIpc) is 2.46. The number of hydrogen-bond donors (Lipinski definition) is 3. The quantitative estimate of drug-likeness (QED) is 0.786. The minimum atomic E-state index is -0.987. The Morgan fingerprint density at radius 1 is 1.14 bits per heavy atom. The highest BCUT2D eigenvalue weighted by Crippen LogP contribution is 2.15. The Bertz CT molecular complexity index is 684. The Labute approximate surface area is 120 Å². The standard InChI is InChI=1S/C15H13FN2O3/c16-13-6-5-11(7-12(13)14(17)19)18-8-9-1-3-10(4-2-9)15(20)21/h1-7,18H,8H2,(H2,17,19)(H,20,21). The minimum absolute atomic E-state index is 0.179. The van der Waals surface area contributed by atoms with Crippen molar-refractivity contribution in [2.75, 3.05) is 5.32 Å². The van der Waals surface area contributed by atoms with E-state index in [1.807, 2.05) is 0 Å². The number of nitrogens with one attached hydrogen (secondary N) is 1. The van der Waals surface area contributed by atoms with Gasteiger partial charge < -0.3 is 16.2 Å². The molecule has 2 aromatic carbocycles.